The Balaban J connectivity index is 2.20. The fraction of sp³-hybridized carbons (Fsp3) is 0.938. The molecule has 112 valence electrons. The average Bonchev–Trinajstić information content (AvgIpc) is 2.43. The third kappa shape index (κ3) is 6.42. The molecule has 1 aliphatic rings. The van der Waals surface area contributed by atoms with Gasteiger partial charge in [0.15, 0.2) is 0 Å². The van der Waals surface area contributed by atoms with Gasteiger partial charge in [0.05, 0.1) is 5.92 Å². The Morgan fingerprint density at radius 1 is 1.21 bits per heavy atom. The van der Waals surface area contributed by atoms with Crippen molar-refractivity contribution in [2.45, 2.75) is 77.2 Å². The van der Waals surface area contributed by atoms with Crippen molar-refractivity contribution in [3.05, 3.63) is 0 Å². The number of unbranched alkanes of at least 4 members (excludes halogenated alkanes) is 1. The Labute approximate surface area is 118 Å². The molecular formula is C16H31NO2. The third-order valence-corrected chi connectivity index (χ3v) is 4.52. The number of rotatable bonds is 9. The van der Waals surface area contributed by atoms with Crippen molar-refractivity contribution < 1.29 is 9.90 Å². The zero-order chi connectivity index (χ0) is 14.1. The second kappa shape index (κ2) is 9.35. The maximum absolute atomic E-state index is 11.2. The lowest BCUT2D eigenvalue weighted by Crippen LogP contribution is -2.34. The first-order valence-corrected chi connectivity index (χ1v) is 8.08. The van der Waals surface area contributed by atoms with Gasteiger partial charge >= 0.3 is 5.97 Å². The van der Waals surface area contributed by atoms with Crippen molar-refractivity contribution in [3.8, 4) is 0 Å². The molecule has 19 heavy (non-hydrogen) atoms. The number of hydrogen-bond acceptors (Lipinski definition) is 2. The van der Waals surface area contributed by atoms with E-state index in [1.165, 1.54) is 32.1 Å². The van der Waals surface area contributed by atoms with Gasteiger partial charge in [0.1, 0.15) is 0 Å². The molecule has 1 aliphatic carbocycles. The van der Waals surface area contributed by atoms with Gasteiger partial charge in [0, 0.05) is 6.04 Å². The van der Waals surface area contributed by atoms with Crippen LogP contribution in [-0.2, 0) is 4.79 Å². The first kappa shape index (κ1) is 16.5. The largest absolute Gasteiger partial charge is 0.481 e. The summed E-state index contributed by atoms with van der Waals surface area (Å²) in [7, 11) is 2.21. The van der Waals surface area contributed by atoms with Crippen LogP contribution in [0, 0.1) is 5.92 Å². The number of carbonyl (C=O) groups is 1. The van der Waals surface area contributed by atoms with E-state index in [0.29, 0.717) is 0 Å². The quantitative estimate of drug-likeness (QED) is 0.689. The molecule has 0 aromatic carbocycles. The number of nitrogens with zero attached hydrogens (tertiary/aromatic N) is 1. The number of carboxylic acids is 1. The molecule has 3 nitrogen and oxygen atoms in total. The van der Waals surface area contributed by atoms with Gasteiger partial charge in [-0.2, -0.15) is 0 Å². The van der Waals surface area contributed by atoms with Crippen LogP contribution in [0.5, 0.6) is 0 Å². The molecular weight excluding hydrogens is 238 g/mol. The molecule has 3 heteroatoms. The number of carboxylic acid groups (broad SMARTS) is 1. The summed E-state index contributed by atoms with van der Waals surface area (Å²) < 4.78 is 0. The van der Waals surface area contributed by atoms with Crippen LogP contribution in [0.2, 0.25) is 0 Å². The zero-order valence-corrected chi connectivity index (χ0v) is 12.7. The van der Waals surface area contributed by atoms with Crippen molar-refractivity contribution in [1.82, 2.24) is 4.90 Å². The van der Waals surface area contributed by atoms with Crippen LogP contribution < -0.4 is 0 Å². The summed E-state index contributed by atoms with van der Waals surface area (Å²) in [5, 5.41) is 9.20. The predicted octanol–water partition coefficient (Wildman–Crippen LogP) is 3.92. The van der Waals surface area contributed by atoms with Crippen LogP contribution in [0.1, 0.15) is 71.1 Å². The van der Waals surface area contributed by atoms with Gasteiger partial charge in [0.25, 0.3) is 0 Å². The van der Waals surface area contributed by atoms with Crippen molar-refractivity contribution in [1.29, 1.82) is 0 Å². The zero-order valence-electron chi connectivity index (χ0n) is 12.7. The third-order valence-electron chi connectivity index (χ3n) is 4.52. The lowest BCUT2D eigenvalue weighted by Gasteiger charge is -2.31. The molecule has 0 bridgehead atoms. The minimum absolute atomic E-state index is 0.125. The minimum atomic E-state index is -0.603. The van der Waals surface area contributed by atoms with E-state index in [9.17, 15) is 9.90 Å². The average molecular weight is 269 g/mol. The summed E-state index contributed by atoms with van der Waals surface area (Å²) in [5.74, 6) is -0.728. The second-order valence-corrected chi connectivity index (χ2v) is 6.09. The first-order valence-electron chi connectivity index (χ1n) is 8.08. The summed E-state index contributed by atoms with van der Waals surface area (Å²) in [6.07, 6.45) is 11.6. The highest BCUT2D eigenvalue weighted by Gasteiger charge is 2.19. The van der Waals surface area contributed by atoms with E-state index in [1.54, 1.807) is 0 Å². The van der Waals surface area contributed by atoms with E-state index >= 15 is 0 Å². The summed E-state index contributed by atoms with van der Waals surface area (Å²) in [6.45, 7) is 3.18. The smallest absolute Gasteiger partial charge is 0.306 e. The molecule has 1 N–H and O–H groups in total. The molecule has 1 fully saturated rings. The topological polar surface area (TPSA) is 40.5 Å². The fourth-order valence-corrected chi connectivity index (χ4v) is 3.13. The monoisotopic (exact) mass is 269 g/mol. The van der Waals surface area contributed by atoms with E-state index in [2.05, 4.69) is 18.9 Å². The van der Waals surface area contributed by atoms with Gasteiger partial charge < -0.3 is 10.0 Å². The molecule has 0 saturated heterocycles. The van der Waals surface area contributed by atoms with E-state index in [-0.39, 0.29) is 5.92 Å². The van der Waals surface area contributed by atoms with Crippen LogP contribution in [0.3, 0.4) is 0 Å². The Morgan fingerprint density at radius 2 is 1.84 bits per heavy atom. The Bertz CT molecular complexity index is 249. The van der Waals surface area contributed by atoms with Gasteiger partial charge in [-0.15, -0.1) is 0 Å². The molecule has 1 rings (SSSR count). The normalized spacial score (nSPS) is 18.7. The molecule has 0 amide bonds. The second-order valence-electron chi connectivity index (χ2n) is 6.09. The van der Waals surface area contributed by atoms with Crippen LogP contribution in [0.25, 0.3) is 0 Å². The summed E-state index contributed by atoms with van der Waals surface area (Å²) in [6, 6.07) is 0.743. The van der Waals surface area contributed by atoms with Crippen molar-refractivity contribution in [2.24, 2.45) is 5.92 Å². The Morgan fingerprint density at radius 3 is 2.42 bits per heavy atom. The van der Waals surface area contributed by atoms with E-state index in [0.717, 1.165) is 44.7 Å². The molecule has 1 atom stereocenters. The van der Waals surface area contributed by atoms with E-state index < -0.39 is 5.97 Å². The van der Waals surface area contributed by atoms with E-state index in [4.69, 9.17) is 0 Å². The molecule has 0 aliphatic heterocycles. The maximum Gasteiger partial charge on any atom is 0.306 e. The lowest BCUT2D eigenvalue weighted by atomic mass is 9.93. The van der Waals surface area contributed by atoms with Crippen molar-refractivity contribution >= 4 is 5.97 Å². The van der Waals surface area contributed by atoms with Gasteiger partial charge in [-0.1, -0.05) is 39.0 Å². The molecule has 1 saturated carbocycles. The predicted molar refractivity (Wildman–Crippen MR) is 79.4 cm³/mol. The highest BCUT2D eigenvalue weighted by atomic mass is 16.4. The molecule has 0 aromatic heterocycles. The molecule has 0 aromatic rings. The van der Waals surface area contributed by atoms with Crippen molar-refractivity contribution in [2.75, 3.05) is 13.6 Å². The molecule has 0 spiro atoms. The minimum Gasteiger partial charge on any atom is -0.481 e. The van der Waals surface area contributed by atoms with Gasteiger partial charge in [-0.3, -0.25) is 4.79 Å². The molecule has 0 radical (unpaired) electrons. The van der Waals surface area contributed by atoms with Crippen LogP contribution >= 0.6 is 0 Å². The summed E-state index contributed by atoms with van der Waals surface area (Å²) in [5.41, 5.74) is 0. The Kier molecular flexibility index (Phi) is 8.11. The number of aliphatic carboxylic acids is 1. The maximum atomic E-state index is 11.2. The Hall–Kier alpha value is -0.570. The fourth-order valence-electron chi connectivity index (χ4n) is 3.13. The van der Waals surface area contributed by atoms with Gasteiger partial charge in [-0.05, 0) is 45.7 Å². The highest BCUT2D eigenvalue weighted by Crippen LogP contribution is 2.22. The summed E-state index contributed by atoms with van der Waals surface area (Å²) in [4.78, 5) is 13.6. The van der Waals surface area contributed by atoms with E-state index in [1.807, 2.05) is 0 Å². The number of hydrogen-bond donors (Lipinski definition) is 1. The lowest BCUT2D eigenvalue weighted by molar-refractivity contribution is -0.142. The molecule has 0 heterocycles. The van der Waals surface area contributed by atoms with Crippen LogP contribution in [0.15, 0.2) is 0 Å². The highest BCUT2D eigenvalue weighted by molar-refractivity contribution is 5.69. The van der Waals surface area contributed by atoms with Gasteiger partial charge in [0.2, 0.25) is 0 Å². The molecule has 1 unspecified atom stereocenters. The van der Waals surface area contributed by atoms with Gasteiger partial charge in [-0.25, -0.2) is 0 Å². The standard InChI is InChI=1S/C16H31NO2/c1-3-4-9-14(16(18)19)10-8-13-17(2)15-11-6-5-7-12-15/h14-15H,3-13H2,1-2H3,(H,18,19). The van der Waals surface area contributed by atoms with Crippen LogP contribution in [0.4, 0.5) is 0 Å². The SMILES string of the molecule is CCCCC(CCCN(C)C1CCCCC1)C(=O)O. The summed E-state index contributed by atoms with van der Waals surface area (Å²) >= 11 is 0. The van der Waals surface area contributed by atoms with Crippen LogP contribution in [-0.4, -0.2) is 35.6 Å². The first-order chi connectivity index (χ1) is 9.15. The van der Waals surface area contributed by atoms with Crippen molar-refractivity contribution in [3.63, 3.8) is 0 Å².